The number of rotatable bonds is 8. The van der Waals surface area contributed by atoms with Gasteiger partial charge in [0.15, 0.2) is 0 Å². The van der Waals surface area contributed by atoms with E-state index in [0.29, 0.717) is 0 Å². The van der Waals surface area contributed by atoms with E-state index in [1.165, 1.54) is 11.4 Å². The molecule has 0 aromatic carbocycles. The van der Waals surface area contributed by atoms with Gasteiger partial charge in [-0.2, -0.15) is 0 Å². The van der Waals surface area contributed by atoms with Gasteiger partial charge in [-0.3, -0.25) is 4.98 Å². The Hall–Kier alpha value is -1.94. The Labute approximate surface area is 165 Å². The fraction of sp³-hybridized carbons (Fsp3) is 0.565. The molecule has 0 saturated carbocycles. The van der Waals surface area contributed by atoms with Gasteiger partial charge in [-0.15, -0.1) is 0 Å². The summed E-state index contributed by atoms with van der Waals surface area (Å²) in [5.41, 5.74) is 5.47. The lowest BCUT2D eigenvalue weighted by atomic mass is 9.98. The van der Waals surface area contributed by atoms with Crippen LogP contribution in [0, 0.1) is 6.92 Å². The van der Waals surface area contributed by atoms with E-state index in [2.05, 4.69) is 49.4 Å². The molecular formula is C23H35N3O. The van der Waals surface area contributed by atoms with Crippen LogP contribution in [-0.4, -0.2) is 42.0 Å². The predicted octanol–water partition coefficient (Wildman–Crippen LogP) is 5.40. The Morgan fingerprint density at radius 1 is 1.19 bits per heavy atom. The number of unbranched alkanes of at least 4 members (excludes halogenated alkanes) is 1. The van der Waals surface area contributed by atoms with Crippen LogP contribution in [-0.2, 0) is 4.74 Å². The van der Waals surface area contributed by atoms with E-state index in [-0.39, 0.29) is 0 Å². The van der Waals surface area contributed by atoms with Crippen LogP contribution in [0.3, 0.4) is 0 Å². The molecule has 2 rings (SSSR count). The number of morpholine rings is 1. The van der Waals surface area contributed by atoms with Crippen LogP contribution < -0.4 is 0 Å². The highest BCUT2D eigenvalue weighted by Crippen LogP contribution is 2.28. The average Bonchev–Trinajstić information content (AvgIpc) is 2.68. The van der Waals surface area contributed by atoms with Gasteiger partial charge in [0, 0.05) is 37.0 Å². The summed E-state index contributed by atoms with van der Waals surface area (Å²) in [6.07, 6.45) is 7.30. The Morgan fingerprint density at radius 2 is 1.93 bits per heavy atom. The van der Waals surface area contributed by atoms with Crippen molar-refractivity contribution in [1.82, 2.24) is 9.88 Å². The van der Waals surface area contributed by atoms with E-state index in [1.54, 1.807) is 0 Å². The molecule has 4 nitrogen and oxygen atoms in total. The molecule has 1 aromatic heterocycles. The Morgan fingerprint density at radius 3 is 2.48 bits per heavy atom. The Kier molecular flexibility index (Phi) is 8.73. The normalized spacial score (nSPS) is 16.3. The lowest BCUT2D eigenvalue weighted by Gasteiger charge is -2.30. The standard InChI is InChI=1S/C23H35N3O/c1-6-8-10-22(26-13-15-27-16-14-26)25-23(21(9-7-2)18(3)4)20-12-11-19(5)24-17-20/h11-12,17H,3,6-10,13-16H2,1-2,4-5H3/b23-21-,25-22+. The number of aromatic nitrogens is 1. The number of ether oxygens (including phenoxy) is 1. The van der Waals surface area contributed by atoms with Crippen LogP contribution in [0.5, 0.6) is 0 Å². The third kappa shape index (κ3) is 6.31. The van der Waals surface area contributed by atoms with E-state index >= 15 is 0 Å². The highest BCUT2D eigenvalue weighted by atomic mass is 16.5. The second-order valence-corrected chi connectivity index (χ2v) is 7.28. The Balaban J connectivity index is 2.53. The summed E-state index contributed by atoms with van der Waals surface area (Å²) in [4.78, 5) is 12.2. The molecule has 0 bridgehead atoms. The minimum absolute atomic E-state index is 0.776. The SMILES string of the molecule is C=C(C)/C(CCC)=C(\N=C(/CCCC)N1CCOCC1)c1ccc(C)nc1. The van der Waals surface area contributed by atoms with Gasteiger partial charge in [0.1, 0.15) is 5.84 Å². The fourth-order valence-corrected chi connectivity index (χ4v) is 3.27. The zero-order chi connectivity index (χ0) is 19.6. The lowest BCUT2D eigenvalue weighted by Crippen LogP contribution is -2.40. The number of nitrogens with zero attached hydrogens (tertiary/aromatic N) is 3. The molecule has 0 spiro atoms. The third-order valence-corrected chi connectivity index (χ3v) is 4.86. The van der Waals surface area contributed by atoms with Gasteiger partial charge in [0.05, 0.1) is 18.9 Å². The van der Waals surface area contributed by atoms with Crippen LogP contribution in [0.2, 0.25) is 0 Å². The first-order chi connectivity index (χ1) is 13.1. The van der Waals surface area contributed by atoms with Gasteiger partial charge in [0.2, 0.25) is 0 Å². The summed E-state index contributed by atoms with van der Waals surface area (Å²) in [5.74, 6) is 1.17. The predicted molar refractivity (Wildman–Crippen MR) is 115 cm³/mol. The molecule has 1 aliphatic rings. The van der Waals surface area contributed by atoms with Crippen molar-refractivity contribution in [1.29, 1.82) is 0 Å². The molecule has 0 atom stereocenters. The summed E-state index contributed by atoms with van der Waals surface area (Å²) < 4.78 is 5.55. The number of aliphatic imine (C=N–C) groups is 1. The highest BCUT2D eigenvalue weighted by Gasteiger charge is 2.17. The van der Waals surface area contributed by atoms with Gasteiger partial charge in [0.25, 0.3) is 0 Å². The van der Waals surface area contributed by atoms with Crippen molar-refractivity contribution >= 4 is 11.5 Å². The summed E-state index contributed by atoms with van der Waals surface area (Å²) in [7, 11) is 0. The van der Waals surface area contributed by atoms with Crippen molar-refractivity contribution in [2.75, 3.05) is 26.3 Å². The van der Waals surface area contributed by atoms with Gasteiger partial charge in [-0.05, 0) is 44.4 Å². The smallest absolute Gasteiger partial charge is 0.105 e. The molecule has 1 fully saturated rings. The summed E-state index contributed by atoms with van der Waals surface area (Å²) in [5, 5.41) is 0. The number of pyridine rings is 1. The number of allylic oxidation sites excluding steroid dienone is 2. The zero-order valence-electron chi connectivity index (χ0n) is 17.6. The van der Waals surface area contributed by atoms with Crippen molar-refractivity contribution in [3.8, 4) is 0 Å². The quantitative estimate of drug-likeness (QED) is 0.350. The molecule has 2 heterocycles. The minimum Gasteiger partial charge on any atom is -0.378 e. The first-order valence-corrected chi connectivity index (χ1v) is 10.3. The third-order valence-electron chi connectivity index (χ3n) is 4.86. The summed E-state index contributed by atoms with van der Waals surface area (Å²) in [6.45, 7) is 16.2. The molecule has 1 aliphatic heterocycles. The topological polar surface area (TPSA) is 37.7 Å². The largest absolute Gasteiger partial charge is 0.378 e. The van der Waals surface area contributed by atoms with Crippen LogP contribution in [0.1, 0.15) is 64.1 Å². The number of amidine groups is 1. The molecule has 0 radical (unpaired) electrons. The monoisotopic (exact) mass is 369 g/mol. The van der Waals surface area contributed by atoms with Gasteiger partial charge in [-0.1, -0.05) is 38.8 Å². The van der Waals surface area contributed by atoms with Crippen molar-refractivity contribution in [3.63, 3.8) is 0 Å². The summed E-state index contributed by atoms with van der Waals surface area (Å²) in [6, 6.07) is 4.20. The van der Waals surface area contributed by atoms with Crippen LogP contribution in [0.4, 0.5) is 0 Å². The minimum atomic E-state index is 0.776. The van der Waals surface area contributed by atoms with Crippen molar-refractivity contribution in [2.24, 2.45) is 4.99 Å². The summed E-state index contributed by atoms with van der Waals surface area (Å²) >= 11 is 0. The first kappa shape index (κ1) is 21.4. The van der Waals surface area contributed by atoms with E-state index in [4.69, 9.17) is 9.73 Å². The number of aryl methyl sites for hydroxylation is 1. The van der Waals surface area contributed by atoms with Crippen molar-refractivity contribution in [3.05, 3.63) is 47.3 Å². The number of hydrogen-bond acceptors (Lipinski definition) is 3. The second kappa shape index (κ2) is 11.0. The maximum absolute atomic E-state index is 5.55. The zero-order valence-corrected chi connectivity index (χ0v) is 17.6. The number of hydrogen-bond donors (Lipinski definition) is 0. The maximum Gasteiger partial charge on any atom is 0.105 e. The molecule has 1 saturated heterocycles. The van der Waals surface area contributed by atoms with Crippen molar-refractivity contribution in [2.45, 2.75) is 59.8 Å². The Bertz CT molecular complexity index is 667. The van der Waals surface area contributed by atoms with Crippen LogP contribution >= 0.6 is 0 Å². The van der Waals surface area contributed by atoms with Gasteiger partial charge >= 0.3 is 0 Å². The molecule has 27 heavy (non-hydrogen) atoms. The molecular weight excluding hydrogens is 334 g/mol. The highest BCUT2D eigenvalue weighted by molar-refractivity contribution is 5.89. The van der Waals surface area contributed by atoms with Gasteiger partial charge < -0.3 is 9.64 Å². The molecule has 0 amide bonds. The van der Waals surface area contributed by atoms with E-state index < -0.39 is 0 Å². The van der Waals surface area contributed by atoms with E-state index in [1.807, 2.05) is 13.1 Å². The van der Waals surface area contributed by atoms with E-state index in [9.17, 15) is 0 Å². The molecule has 4 heteroatoms. The molecule has 1 aromatic rings. The van der Waals surface area contributed by atoms with Crippen LogP contribution in [0.15, 0.2) is 41.0 Å². The van der Waals surface area contributed by atoms with Gasteiger partial charge in [-0.25, -0.2) is 4.99 Å². The van der Waals surface area contributed by atoms with Crippen molar-refractivity contribution < 1.29 is 4.74 Å². The van der Waals surface area contributed by atoms with E-state index in [0.717, 1.165) is 80.9 Å². The van der Waals surface area contributed by atoms with Crippen LogP contribution in [0.25, 0.3) is 5.70 Å². The molecule has 0 unspecified atom stereocenters. The first-order valence-electron chi connectivity index (χ1n) is 10.3. The average molecular weight is 370 g/mol. The lowest BCUT2D eigenvalue weighted by molar-refractivity contribution is 0.0671. The molecule has 0 N–H and O–H groups in total. The molecule has 148 valence electrons. The fourth-order valence-electron chi connectivity index (χ4n) is 3.27. The molecule has 0 aliphatic carbocycles. The maximum atomic E-state index is 5.55. The second-order valence-electron chi connectivity index (χ2n) is 7.28.